The van der Waals surface area contributed by atoms with Gasteiger partial charge in [0.2, 0.25) is 0 Å². The number of nitrogens with zero attached hydrogens (tertiary/aromatic N) is 4. The molecule has 0 atom stereocenters. The molecule has 0 saturated heterocycles. The average Bonchev–Trinajstić information content (AvgIpc) is 2.98. The van der Waals surface area contributed by atoms with Crippen molar-refractivity contribution in [3.63, 3.8) is 0 Å². The molecule has 0 saturated carbocycles. The van der Waals surface area contributed by atoms with Gasteiger partial charge in [-0.3, -0.25) is 9.78 Å². The van der Waals surface area contributed by atoms with Crippen LogP contribution >= 0.6 is 0 Å². The summed E-state index contributed by atoms with van der Waals surface area (Å²) in [5, 5.41) is 8.33. The molecule has 7 heteroatoms. The largest absolute Gasteiger partial charge is 0.459 e. The van der Waals surface area contributed by atoms with Crippen LogP contribution in [0.15, 0.2) is 48.8 Å². The second kappa shape index (κ2) is 7.03. The number of hydrogen-bond acceptors (Lipinski definition) is 5. The van der Waals surface area contributed by atoms with Crippen molar-refractivity contribution in [1.82, 2.24) is 20.0 Å². The Labute approximate surface area is 150 Å². The number of carbonyl (C=O) groups excluding carboxylic acids is 1. The molecule has 0 bridgehead atoms. The van der Waals surface area contributed by atoms with Crippen molar-refractivity contribution >= 4 is 5.97 Å². The summed E-state index contributed by atoms with van der Waals surface area (Å²) in [4.78, 5) is 16.2. The average molecular weight is 354 g/mol. The second-order valence-electron chi connectivity index (χ2n) is 6.77. The molecule has 1 aromatic carbocycles. The van der Waals surface area contributed by atoms with E-state index >= 15 is 0 Å². The number of pyridine rings is 1. The molecule has 0 aliphatic rings. The number of halogens is 1. The van der Waals surface area contributed by atoms with Gasteiger partial charge in [0.1, 0.15) is 23.7 Å². The minimum Gasteiger partial charge on any atom is -0.459 e. The van der Waals surface area contributed by atoms with Gasteiger partial charge in [-0.2, -0.15) is 0 Å². The molecule has 3 aromatic rings. The zero-order valence-electron chi connectivity index (χ0n) is 14.8. The fraction of sp³-hybridized carbons (Fsp3) is 0.263. The number of aromatic nitrogens is 4. The zero-order valence-corrected chi connectivity index (χ0v) is 14.8. The molecule has 0 unspecified atom stereocenters. The lowest BCUT2D eigenvalue weighted by Gasteiger charge is -2.19. The van der Waals surface area contributed by atoms with Gasteiger partial charge in [0.05, 0.1) is 5.69 Å². The van der Waals surface area contributed by atoms with E-state index in [4.69, 9.17) is 4.74 Å². The third-order valence-corrected chi connectivity index (χ3v) is 3.51. The fourth-order valence-corrected chi connectivity index (χ4v) is 2.52. The number of benzene rings is 1. The number of esters is 1. The lowest BCUT2D eigenvalue weighted by molar-refractivity contribution is -0.155. The summed E-state index contributed by atoms with van der Waals surface area (Å²) >= 11 is 0. The Hall–Kier alpha value is -3.09. The van der Waals surface area contributed by atoms with Crippen molar-refractivity contribution in [3.8, 4) is 22.5 Å². The van der Waals surface area contributed by atoms with Crippen LogP contribution in [-0.2, 0) is 16.1 Å². The van der Waals surface area contributed by atoms with E-state index in [1.54, 1.807) is 57.4 Å². The Balaban J connectivity index is 2.03. The molecule has 0 fully saturated rings. The highest BCUT2D eigenvalue weighted by atomic mass is 19.1. The molecule has 2 aromatic heterocycles. The quantitative estimate of drug-likeness (QED) is 0.671. The van der Waals surface area contributed by atoms with Gasteiger partial charge in [-0.25, -0.2) is 9.07 Å². The molecule has 134 valence electrons. The van der Waals surface area contributed by atoms with Crippen LogP contribution in [0.25, 0.3) is 22.5 Å². The summed E-state index contributed by atoms with van der Waals surface area (Å²) in [6, 6.07) is 9.57. The van der Waals surface area contributed by atoms with E-state index in [1.165, 1.54) is 16.8 Å². The van der Waals surface area contributed by atoms with Crippen LogP contribution in [0.3, 0.4) is 0 Å². The summed E-state index contributed by atoms with van der Waals surface area (Å²) in [5.41, 5.74) is 2.10. The Morgan fingerprint density at radius 2 is 1.73 bits per heavy atom. The predicted octanol–water partition coefficient (Wildman–Crippen LogP) is 3.49. The van der Waals surface area contributed by atoms with Crippen LogP contribution in [0.4, 0.5) is 4.39 Å². The van der Waals surface area contributed by atoms with E-state index in [0.717, 1.165) is 5.56 Å². The molecule has 0 radical (unpaired) electrons. The summed E-state index contributed by atoms with van der Waals surface area (Å²) in [6.07, 6.45) is 3.30. The normalized spacial score (nSPS) is 11.4. The van der Waals surface area contributed by atoms with Crippen molar-refractivity contribution in [3.05, 3.63) is 54.6 Å². The Kier molecular flexibility index (Phi) is 4.79. The van der Waals surface area contributed by atoms with E-state index in [9.17, 15) is 9.18 Å². The second-order valence-corrected chi connectivity index (χ2v) is 6.77. The van der Waals surface area contributed by atoms with Crippen molar-refractivity contribution < 1.29 is 13.9 Å². The molecule has 0 spiro atoms. The molecule has 0 N–H and O–H groups in total. The molecule has 2 heterocycles. The molecular formula is C19H19FN4O2. The molecular weight excluding hydrogens is 335 g/mol. The van der Waals surface area contributed by atoms with E-state index in [2.05, 4.69) is 15.3 Å². The lowest BCUT2D eigenvalue weighted by Crippen LogP contribution is -2.27. The number of rotatable bonds is 4. The monoisotopic (exact) mass is 354 g/mol. The van der Waals surface area contributed by atoms with Gasteiger partial charge in [0, 0.05) is 23.5 Å². The molecule has 26 heavy (non-hydrogen) atoms. The van der Waals surface area contributed by atoms with Crippen LogP contribution in [0.5, 0.6) is 0 Å². The van der Waals surface area contributed by atoms with Crippen LogP contribution in [0.2, 0.25) is 0 Å². The van der Waals surface area contributed by atoms with Crippen molar-refractivity contribution in [1.29, 1.82) is 0 Å². The summed E-state index contributed by atoms with van der Waals surface area (Å²) < 4.78 is 20.2. The van der Waals surface area contributed by atoms with Crippen molar-refractivity contribution in [2.24, 2.45) is 0 Å². The first-order valence-corrected chi connectivity index (χ1v) is 8.15. The van der Waals surface area contributed by atoms with E-state index in [0.29, 0.717) is 17.0 Å². The number of ether oxygens (including phenoxy) is 1. The smallest absolute Gasteiger partial charge is 0.328 e. The summed E-state index contributed by atoms with van der Waals surface area (Å²) in [7, 11) is 0. The zero-order chi connectivity index (χ0) is 18.7. The van der Waals surface area contributed by atoms with Crippen LogP contribution in [0, 0.1) is 5.82 Å². The first-order valence-electron chi connectivity index (χ1n) is 8.15. The van der Waals surface area contributed by atoms with Crippen LogP contribution in [-0.4, -0.2) is 31.5 Å². The highest BCUT2D eigenvalue weighted by Crippen LogP contribution is 2.30. The van der Waals surface area contributed by atoms with Crippen molar-refractivity contribution in [2.45, 2.75) is 32.9 Å². The molecule has 6 nitrogen and oxygen atoms in total. The minimum absolute atomic E-state index is 0.0952. The maximum Gasteiger partial charge on any atom is 0.328 e. The first kappa shape index (κ1) is 17.7. The topological polar surface area (TPSA) is 69.9 Å². The van der Waals surface area contributed by atoms with E-state index in [1.807, 2.05) is 0 Å². The van der Waals surface area contributed by atoms with E-state index in [-0.39, 0.29) is 12.4 Å². The Bertz CT molecular complexity index is 900. The van der Waals surface area contributed by atoms with Gasteiger partial charge in [0.25, 0.3) is 0 Å². The number of hydrogen-bond donors (Lipinski definition) is 0. The summed E-state index contributed by atoms with van der Waals surface area (Å²) in [5.74, 6) is -0.766. The van der Waals surface area contributed by atoms with E-state index < -0.39 is 11.6 Å². The van der Waals surface area contributed by atoms with Gasteiger partial charge in [-0.1, -0.05) is 5.21 Å². The molecule has 3 rings (SSSR count). The predicted molar refractivity (Wildman–Crippen MR) is 94.5 cm³/mol. The summed E-state index contributed by atoms with van der Waals surface area (Å²) in [6.45, 7) is 5.31. The molecule has 0 aliphatic heterocycles. The maximum absolute atomic E-state index is 13.3. The standard InChI is InChI=1S/C19H19FN4O2/c1-19(2,3)26-16(25)12-24-18(14-4-6-15(20)7-5-14)17(22-23-24)13-8-10-21-11-9-13/h4-11H,12H2,1-3H3. The van der Waals surface area contributed by atoms with Crippen molar-refractivity contribution in [2.75, 3.05) is 0 Å². The van der Waals surface area contributed by atoms with Gasteiger partial charge >= 0.3 is 5.97 Å². The SMILES string of the molecule is CC(C)(C)OC(=O)Cn1nnc(-c2ccncc2)c1-c1ccc(F)cc1. The highest BCUT2D eigenvalue weighted by Gasteiger charge is 2.22. The lowest BCUT2D eigenvalue weighted by atomic mass is 10.1. The Morgan fingerprint density at radius 3 is 2.35 bits per heavy atom. The van der Waals surface area contributed by atoms with Crippen LogP contribution < -0.4 is 0 Å². The minimum atomic E-state index is -0.596. The van der Waals surface area contributed by atoms with Crippen LogP contribution in [0.1, 0.15) is 20.8 Å². The third kappa shape index (κ3) is 4.11. The van der Waals surface area contributed by atoms with Gasteiger partial charge < -0.3 is 4.74 Å². The van der Waals surface area contributed by atoms with Gasteiger partial charge in [-0.15, -0.1) is 5.10 Å². The van der Waals surface area contributed by atoms with Gasteiger partial charge in [-0.05, 0) is 57.2 Å². The number of carbonyl (C=O) groups is 1. The first-order chi connectivity index (χ1) is 12.3. The maximum atomic E-state index is 13.3. The third-order valence-electron chi connectivity index (χ3n) is 3.51. The molecule has 0 amide bonds. The Morgan fingerprint density at radius 1 is 1.08 bits per heavy atom. The van der Waals surface area contributed by atoms with Gasteiger partial charge in [0.15, 0.2) is 0 Å². The fourth-order valence-electron chi connectivity index (χ4n) is 2.52. The highest BCUT2D eigenvalue weighted by molar-refractivity contribution is 5.79. The molecule has 0 aliphatic carbocycles.